The third kappa shape index (κ3) is 2.00. The van der Waals surface area contributed by atoms with Crippen molar-refractivity contribution < 1.29 is 4.42 Å². The summed E-state index contributed by atoms with van der Waals surface area (Å²) in [6.45, 7) is 0.325. The molecule has 0 aliphatic rings. The van der Waals surface area contributed by atoms with E-state index in [-0.39, 0.29) is 0 Å². The quantitative estimate of drug-likeness (QED) is 0.881. The predicted octanol–water partition coefficient (Wildman–Crippen LogP) is 3.11. The Hall–Kier alpha value is -1.03. The van der Waals surface area contributed by atoms with E-state index in [0.29, 0.717) is 28.0 Å². The normalized spacial score (nSPS) is 10.6. The lowest BCUT2D eigenvalue weighted by atomic mass is 10.1. The molecule has 5 heteroatoms. The van der Waals surface area contributed by atoms with Crippen LogP contribution in [-0.2, 0) is 6.54 Å². The first-order valence-electron chi connectivity index (χ1n) is 4.30. The zero-order chi connectivity index (χ0) is 10.8. The Morgan fingerprint density at radius 3 is 2.73 bits per heavy atom. The maximum atomic E-state index is 5.90. The van der Waals surface area contributed by atoms with Crippen molar-refractivity contribution >= 4 is 23.2 Å². The van der Waals surface area contributed by atoms with Crippen LogP contribution in [-0.4, -0.2) is 4.98 Å². The van der Waals surface area contributed by atoms with Crippen LogP contribution in [0.1, 0.15) is 5.69 Å². The van der Waals surface area contributed by atoms with Gasteiger partial charge in [0, 0.05) is 12.1 Å². The Kier molecular flexibility index (Phi) is 2.95. The highest BCUT2D eigenvalue weighted by atomic mass is 35.5. The molecule has 1 aromatic carbocycles. The summed E-state index contributed by atoms with van der Waals surface area (Å²) in [5.74, 6) is 0.635. The summed E-state index contributed by atoms with van der Waals surface area (Å²) >= 11 is 11.7. The molecule has 2 rings (SSSR count). The molecular formula is C10H8Cl2N2O. The number of oxazole rings is 1. The fraction of sp³-hybridized carbons (Fsp3) is 0.100. The van der Waals surface area contributed by atoms with Crippen molar-refractivity contribution in [3.8, 4) is 11.3 Å². The fourth-order valence-electron chi connectivity index (χ4n) is 1.29. The molecular weight excluding hydrogens is 235 g/mol. The van der Waals surface area contributed by atoms with Crippen LogP contribution in [0.3, 0.4) is 0 Å². The Morgan fingerprint density at radius 1 is 1.27 bits per heavy atom. The van der Waals surface area contributed by atoms with E-state index >= 15 is 0 Å². The molecule has 0 saturated heterocycles. The number of benzene rings is 1. The van der Waals surface area contributed by atoms with Crippen LogP contribution in [0, 0.1) is 0 Å². The maximum absolute atomic E-state index is 5.90. The van der Waals surface area contributed by atoms with Gasteiger partial charge in [-0.15, -0.1) is 0 Å². The van der Waals surface area contributed by atoms with Crippen molar-refractivity contribution in [1.82, 2.24) is 4.98 Å². The monoisotopic (exact) mass is 242 g/mol. The summed E-state index contributed by atoms with van der Waals surface area (Å²) in [4.78, 5) is 4.00. The van der Waals surface area contributed by atoms with Crippen LogP contribution in [0.15, 0.2) is 29.0 Å². The number of halogens is 2. The molecule has 2 N–H and O–H groups in total. The molecule has 0 saturated carbocycles. The second kappa shape index (κ2) is 4.23. The first-order chi connectivity index (χ1) is 7.22. The maximum Gasteiger partial charge on any atom is 0.181 e. The molecule has 0 aliphatic heterocycles. The van der Waals surface area contributed by atoms with Crippen molar-refractivity contribution in [2.24, 2.45) is 5.73 Å². The van der Waals surface area contributed by atoms with Gasteiger partial charge in [-0.2, -0.15) is 0 Å². The molecule has 0 radical (unpaired) electrons. The second-order valence-corrected chi connectivity index (χ2v) is 3.78. The highest BCUT2D eigenvalue weighted by Gasteiger charge is 2.10. The number of aromatic nitrogens is 1. The smallest absolute Gasteiger partial charge is 0.181 e. The van der Waals surface area contributed by atoms with E-state index in [9.17, 15) is 0 Å². The molecule has 0 spiro atoms. The first-order valence-corrected chi connectivity index (χ1v) is 5.06. The molecule has 78 valence electrons. The number of hydrogen-bond donors (Lipinski definition) is 1. The summed E-state index contributed by atoms with van der Waals surface area (Å²) in [5, 5.41) is 0.989. The Labute approximate surface area is 96.8 Å². The topological polar surface area (TPSA) is 52.0 Å². The van der Waals surface area contributed by atoms with E-state index in [1.807, 2.05) is 6.07 Å². The van der Waals surface area contributed by atoms with Gasteiger partial charge < -0.3 is 10.2 Å². The van der Waals surface area contributed by atoms with Gasteiger partial charge in [0.2, 0.25) is 0 Å². The third-order valence-corrected chi connectivity index (χ3v) is 2.76. The average Bonchev–Trinajstić information content (AvgIpc) is 2.70. The van der Waals surface area contributed by atoms with Crippen LogP contribution >= 0.6 is 23.2 Å². The molecule has 2 aromatic rings. The van der Waals surface area contributed by atoms with E-state index in [1.165, 1.54) is 6.39 Å². The van der Waals surface area contributed by atoms with E-state index in [2.05, 4.69) is 4.98 Å². The van der Waals surface area contributed by atoms with Crippen molar-refractivity contribution in [2.45, 2.75) is 6.54 Å². The van der Waals surface area contributed by atoms with E-state index in [0.717, 1.165) is 5.56 Å². The van der Waals surface area contributed by atoms with Gasteiger partial charge in [0.1, 0.15) is 5.69 Å². The van der Waals surface area contributed by atoms with Crippen LogP contribution in [0.5, 0.6) is 0 Å². The molecule has 0 atom stereocenters. The Bertz CT molecular complexity index is 482. The molecule has 0 bridgehead atoms. The number of rotatable bonds is 2. The lowest BCUT2D eigenvalue weighted by molar-refractivity contribution is 0.571. The van der Waals surface area contributed by atoms with Crippen molar-refractivity contribution in [3.63, 3.8) is 0 Å². The van der Waals surface area contributed by atoms with Crippen LogP contribution in [0.2, 0.25) is 10.0 Å². The Morgan fingerprint density at radius 2 is 2.07 bits per heavy atom. The van der Waals surface area contributed by atoms with E-state index in [1.54, 1.807) is 12.1 Å². The molecule has 0 aliphatic carbocycles. The van der Waals surface area contributed by atoms with Gasteiger partial charge in [0.05, 0.1) is 10.0 Å². The molecule has 15 heavy (non-hydrogen) atoms. The Balaban J connectivity index is 2.50. The van der Waals surface area contributed by atoms with Crippen LogP contribution in [0.25, 0.3) is 11.3 Å². The minimum atomic E-state index is 0.325. The number of nitrogens with two attached hydrogens (primary N) is 1. The summed E-state index contributed by atoms with van der Waals surface area (Å²) in [6, 6.07) is 5.25. The lowest BCUT2D eigenvalue weighted by Crippen LogP contribution is -1.98. The number of hydrogen-bond acceptors (Lipinski definition) is 3. The average molecular weight is 243 g/mol. The second-order valence-electron chi connectivity index (χ2n) is 2.96. The summed E-state index contributed by atoms with van der Waals surface area (Å²) in [6.07, 6.45) is 1.36. The van der Waals surface area contributed by atoms with Gasteiger partial charge in [0.25, 0.3) is 0 Å². The van der Waals surface area contributed by atoms with Gasteiger partial charge in [-0.3, -0.25) is 0 Å². The molecule has 0 unspecified atom stereocenters. The molecule has 0 fully saturated rings. The van der Waals surface area contributed by atoms with Crippen LogP contribution < -0.4 is 5.73 Å². The van der Waals surface area contributed by atoms with E-state index in [4.69, 9.17) is 33.4 Å². The van der Waals surface area contributed by atoms with E-state index < -0.39 is 0 Å². The van der Waals surface area contributed by atoms with Gasteiger partial charge in [-0.05, 0) is 18.2 Å². The molecule has 0 amide bonds. The van der Waals surface area contributed by atoms with Crippen molar-refractivity contribution in [2.75, 3.05) is 0 Å². The third-order valence-electron chi connectivity index (χ3n) is 2.02. The zero-order valence-electron chi connectivity index (χ0n) is 7.71. The fourth-order valence-corrected chi connectivity index (χ4v) is 1.58. The summed E-state index contributed by atoms with van der Waals surface area (Å²) in [7, 11) is 0. The largest absolute Gasteiger partial charge is 0.443 e. The highest BCUT2D eigenvalue weighted by Crippen LogP contribution is 2.29. The zero-order valence-corrected chi connectivity index (χ0v) is 9.22. The molecule has 1 heterocycles. The number of nitrogens with zero attached hydrogens (tertiary/aromatic N) is 1. The van der Waals surface area contributed by atoms with Gasteiger partial charge in [0.15, 0.2) is 12.2 Å². The lowest BCUT2D eigenvalue weighted by Gasteiger charge is -2.01. The highest BCUT2D eigenvalue weighted by molar-refractivity contribution is 6.42. The molecule has 1 aromatic heterocycles. The van der Waals surface area contributed by atoms with Crippen LogP contribution in [0.4, 0.5) is 0 Å². The van der Waals surface area contributed by atoms with Crippen molar-refractivity contribution in [1.29, 1.82) is 0 Å². The predicted molar refractivity (Wildman–Crippen MR) is 59.9 cm³/mol. The SMILES string of the molecule is NCc1ncoc1-c1ccc(Cl)c(Cl)c1. The van der Waals surface area contributed by atoms with Gasteiger partial charge >= 0.3 is 0 Å². The standard InChI is InChI=1S/C10H8Cl2N2O/c11-7-2-1-6(3-8(7)12)10-9(4-13)14-5-15-10/h1-3,5H,4,13H2. The van der Waals surface area contributed by atoms with Crippen molar-refractivity contribution in [3.05, 3.63) is 40.3 Å². The minimum absolute atomic E-state index is 0.325. The molecule has 3 nitrogen and oxygen atoms in total. The minimum Gasteiger partial charge on any atom is -0.443 e. The van der Waals surface area contributed by atoms with Gasteiger partial charge in [-0.25, -0.2) is 4.98 Å². The summed E-state index contributed by atoms with van der Waals surface area (Å²) < 4.78 is 5.24. The first kappa shape index (κ1) is 10.5. The summed E-state index contributed by atoms with van der Waals surface area (Å²) in [5.41, 5.74) is 7.04. The van der Waals surface area contributed by atoms with Gasteiger partial charge in [-0.1, -0.05) is 23.2 Å².